The molecule has 1 N–H and O–H groups in total. The van der Waals surface area contributed by atoms with Crippen molar-refractivity contribution in [3.63, 3.8) is 0 Å². The van der Waals surface area contributed by atoms with Crippen LogP contribution >= 0.6 is 11.3 Å². The highest BCUT2D eigenvalue weighted by Crippen LogP contribution is 2.39. The molecule has 1 atom stereocenters. The summed E-state index contributed by atoms with van der Waals surface area (Å²) in [5.74, 6) is 5.23. The van der Waals surface area contributed by atoms with E-state index in [1.54, 1.807) is 18.4 Å². The fourth-order valence-corrected chi connectivity index (χ4v) is 4.20. The van der Waals surface area contributed by atoms with E-state index in [0.717, 1.165) is 28.6 Å². The Kier molecular flexibility index (Phi) is 8.74. The minimum atomic E-state index is -2.85. The third-order valence-corrected chi connectivity index (χ3v) is 5.60. The number of carboxylic acids is 1. The molecule has 3 rings (SSSR count). The van der Waals surface area contributed by atoms with Crippen LogP contribution in [0.15, 0.2) is 12.3 Å². The highest BCUT2D eigenvalue weighted by Gasteiger charge is 2.21. The zero-order valence-corrected chi connectivity index (χ0v) is 19.2. The second kappa shape index (κ2) is 10.8. The predicted octanol–water partition coefficient (Wildman–Crippen LogP) is 5.90. The van der Waals surface area contributed by atoms with Crippen molar-refractivity contribution >= 4 is 17.3 Å². The van der Waals surface area contributed by atoms with Gasteiger partial charge in [0.2, 0.25) is 0 Å². The first-order valence-corrected chi connectivity index (χ1v) is 10.8. The summed E-state index contributed by atoms with van der Waals surface area (Å²) in [5, 5.41) is 11.8. The van der Waals surface area contributed by atoms with E-state index in [1.165, 1.54) is 30.3 Å². The number of aromatic carboxylic acids is 1. The summed E-state index contributed by atoms with van der Waals surface area (Å²) in [7, 11) is 3.02. The molecule has 2 aromatic heterocycles. The number of thiophene rings is 1. The van der Waals surface area contributed by atoms with E-state index >= 15 is 0 Å². The molecule has 2 heterocycles. The number of aromatic nitrogens is 2. The monoisotopic (exact) mass is 452 g/mol. The van der Waals surface area contributed by atoms with E-state index in [-0.39, 0.29) is 11.5 Å². The van der Waals surface area contributed by atoms with Gasteiger partial charge in [-0.3, -0.25) is 4.68 Å². The molecule has 6 nitrogen and oxygen atoms in total. The summed E-state index contributed by atoms with van der Waals surface area (Å²) in [6.45, 7) is 6.42. The summed E-state index contributed by atoms with van der Waals surface area (Å²) >= 11 is 1.79. The predicted molar refractivity (Wildman–Crippen MR) is 116 cm³/mol. The first-order chi connectivity index (χ1) is 14.5. The number of nitrogens with zero attached hydrogens (tertiary/aromatic N) is 3. The summed E-state index contributed by atoms with van der Waals surface area (Å²) < 4.78 is 25.2. The zero-order chi connectivity index (χ0) is 23.2. The van der Waals surface area contributed by atoms with Crippen LogP contribution in [0, 0.1) is 17.3 Å². The van der Waals surface area contributed by atoms with Gasteiger partial charge in [-0.05, 0) is 50.1 Å². The number of carboxylic acid groups (broad SMARTS) is 1. The van der Waals surface area contributed by atoms with E-state index in [4.69, 9.17) is 9.94 Å². The Bertz CT molecular complexity index is 952. The van der Waals surface area contributed by atoms with Crippen LogP contribution in [0.4, 0.5) is 8.78 Å². The highest BCUT2D eigenvalue weighted by atomic mass is 32.1. The van der Waals surface area contributed by atoms with Gasteiger partial charge in [-0.2, -0.15) is 5.10 Å². The van der Waals surface area contributed by atoms with Gasteiger partial charge in [0.15, 0.2) is 0 Å². The Labute approximate surface area is 185 Å². The van der Waals surface area contributed by atoms with Crippen molar-refractivity contribution in [3.8, 4) is 11.8 Å². The van der Waals surface area contributed by atoms with E-state index < -0.39 is 23.7 Å². The van der Waals surface area contributed by atoms with Gasteiger partial charge in [-0.1, -0.05) is 30.7 Å². The molecule has 0 amide bonds. The van der Waals surface area contributed by atoms with Gasteiger partial charge in [0.25, 0.3) is 6.43 Å². The fraction of sp³-hybridized carbons (Fsp3) is 0.545. The van der Waals surface area contributed by atoms with Crippen LogP contribution in [0.2, 0.25) is 0 Å². The summed E-state index contributed by atoms with van der Waals surface area (Å²) in [5.41, 5.74) is 4.60. The molecular weight excluding hydrogens is 424 g/mol. The van der Waals surface area contributed by atoms with E-state index in [2.05, 4.69) is 49.3 Å². The first kappa shape index (κ1) is 25.0. The number of halogens is 2. The Hall–Kier alpha value is -2.28. The quantitative estimate of drug-likeness (QED) is 0.356. The van der Waals surface area contributed by atoms with Gasteiger partial charge in [0, 0.05) is 25.8 Å². The van der Waals surface area contributed by atoms with Crippen molar-refractivity contribution in [2.24, 2.45) is 12.5 Å². The number of aryl methyl sites for hydroxylation is 2. The lowest BCUT2D eigenvalue weighted by Crippen LogP contribution is -1.99. The largest absolute Gasteiger partial charge is 0.527 e. The number of rotatable bonds is 4. The molecule has 0 aromatic carbocycles. The van der Waals surface area contributed by atoms with Gasteiger partial charge in [-0.25, -0.2) is 13.6 Å². The zero-order valence-electron chi connectivity index (χ0n) is 18.4. The highest BCUT2D eigenvalue weighted by molar-refractivity contribution is 7.12. The Balaban J connectivity index is 0.000000245. The molecule has 1 unspecified atom stereocenters. The molecule has 9 heteroatoms. The van der Waals surface area contributed by atoms with Crippen molar-refractivity contribution in [1.82, 2.24) is 9.78 Å². The lowest BCUT2D eigenvalue weighted by Gasteiger charge is -2.29. The molecule has 2 aromatic rings. The van der Waals surface area contributed by atoms with Crippen LogP contribution in [0.1, 0.15) is 83.9 Å². The normalized spacial score (nSPS) is 15.9. The topological polar surface area (TPSA) is 78.5 Å². The molecule has 31 heavy (non-hydrogen) atoms. The SMILES string of the molecule is CO[N-]C1CCCCc2cc(C#CC(C)(C)C)sc21.Cn1cc(C(=O)O)c(C(F)F)n1. The average Bonchev–Trinajstić information content (AvgIpc) is 3.22. The number of alkyl halides is 2. The molecule has 0 spiro atoms. The van der Waals surface area contributed by atoms with E-state index in [1.807, 2.05) is 0 Å². The van der Waals surface area contributed by atoms with Crippen molar-refractivity contribution in [1.29, 1.82) is 0 Å². The maximum atomic E-state index is 12.1. The molecule has 0 radical (unpaired) electrons. The molecule has 1 aliphatic carbocycles. The van der Waals surface area contributed by atoms with Gasteiger partial charge < -0.3 is 15.4 Å². The summed E-state index contributed by atoms with van der Waals surface area (Å²) in [4.78, 5) is 17.9. The van der Waals surface area contributed by atoms with Gasteiger partial charge in [0.05, 0.1) is 4.88 Å². The average molecular weight is 453 g/mol. The van der Waals surface area contributed by atoms with Crippen molar-refractivity contribution < 1.29 is 23.5 Å². The second-order valence-electron chi connectivity index (χ2n) is 8.26. The number of carbonyl (C=O) groups is 1. The van der Waals surface area contributed by atoms with Crippen LogP contribution in [0.5, 0.6) is 0 Å². The summed E-state index contributed by atoms with van der Waals surface area (Å²) in [6.07, 6.45) is 2.90. The van der Waals surface area contributed by atoms with Crippen molar-refractivity contribution in [3.05, 3.63) is 44.3 Å². The minimum absolute atomic E-state index is 0.0533. The Morgan fingerprint density at radius 3 is 2.68 bits per heavy atom. The van der Waals surface area contributed by atoms with Crippen LogP contribution in [0.25, 0.3) is 5.48 Å². The smallest absolute Gasteiger partial charge is 0.339 e. The Morgan fingerprint density at radius 1 is 1.42 bits per heavy atom. The number of hydrogen-bond donors (Lipinski definition) is 1. The lowest BCUT2D eigenvalue weighted by molar-refractivity contribution is 0.0684. The molecule has 170 valence electrons. The molecule has 0 saturated carbocycles. The maximum absolute atomic E-state index is 12.1. The van der Waals surface area contributed by atoms with Crippen LogP contribution in [0.3, 0.4) is 0 Å². The van der Waals surface area contributed by atoms with Crippen LogP contribution < -0.4 is 0 Å². The fourth-order valence-electron chi connectivity index (χ4n) is 3.07. The van der Waals surface area contributed by atoms with E-state index in [9.17, 15) is 13.6 Å². The maximum Gasteiger partial charge on any atom is 0.339 e. The molecule has 0 fully saturated rings. The van der Waals surface area contributed by atoms with Crippen LogP contribution in [-0.4, -0.2) is 28.0 Å². The van der Waals surface area contributed by atoms with Gasteiger partial charge in [-0.15, -0.1) is 11.3 Å². The molecule has 1 aliphatic rings. The van der Waals surface area contributed by atoms with Gasteiger partial charge in [0.1, 0.15) is 11.3 Å². The number of hydrogen-bond acceptors (Lipinski definition) is 4. The first-order valence-electron chi connectivity index (χ1n) is 9.96. The molecule has 0 bridgehead atoms. The van der Waals surface area contributed by atoms with E-state index in [0.29, 0.717) is 0 Å². The standard InChI is InChI=1S/C16H22NOS.C6H6F2N2O2/c1-16(2,3)10-9-13-11-12-7-5-6-8-14(17-18-4)15(12)19-13;1-10-2-3(6(11)12)4(9-10)5(7)8/h11,14H,5-8H2,1-4H3;2,5H,1H3,(H,11,12)/q-1;. The number of fused-ring (bicyclic) bond motifs is 1. The van der Waals surface area contributed by atoms with Crippen molar-refractivity contribution in [2.75, 3.05) is 7.11 Å². The number of hydroxylamine groups is 1. The summed E-state index contributed by atoms with van der Waals surface area (Å²) in [6, 6.07) is 2.46. The molecular formula is C22H28F2N3O3S-. The third-order valence-electron chi connectivity index (χ3n) is 4.41. The molecule has 0 aliphatic heterocycles. The molecule has 0 saturated heterocycles. The minimum Gasteiger partial charge on any atom is -0.527 e. The van der Waals surface area contributed by atoms with Gasteiger partial charge >= 0.3 is 5.97 Å². The Morgan fingerprint density at radius 2 is 2.13 bits per heavy atom. The lowest BCUT2D eigenvalue weighted by atomic mass is 9.98. The van der Waals surface area contributed by atoms with Crippen molar-refractivity contribution in [2.45, 2.75) is 58.9 Å². The second-order valence-corrected chi connectivity index (χ2v) is 9.34. The third kappa shape index (κ3) is 7.42. The van der Waals surface area contributed by atoms with Crippen LogP contribution in [-0.2, 0) is 18.3 Å².